The maximum atomic E-state index is 12.6. The number of likely N-dealkylation sites (N-methyl/N-ethyl adjacent to an activating group) is 1. The van der Waals surface area contributed by atoms with E-state index in [0.29, 0.717) is 25.3 Å². The third kappa shape index (κ3) is 3.92. The van der Waals surface area contributed by atoms with Gasteiger partial charge in [-0.2, -0.15) is 0 Å². The first-order valence-corrected chi connectivity index (χ1v) is 10.4. The number of aromatic nitrogens is 2. The summed E-state index contributed by atoms with van der Waals surface area (Å²) >= 11 is 0. The maximum Gasteiger partial charge on any atom is 0.257 e. The number of carbonyl (C=O) groups excluding carboxylic acids is 1. The lowest BCUT2D eigenvalue weighted by molar-refractivity contribution is -0.134. The molecule has 4 aromatic rings. The van der Waals surface area contributed by atoms with Gasteiger partial charge in [0.05, 0.1) is 17.8 Å². The summed E-state index contributed by atoms with van der Waals surface area (Å²) in [4.78, 5) is 34.5. The van der Waals surface area contributed by atoms with Crippen molar-refractivity contribution in [1.29, 1.82) is 0 Å². The van der Waals surface area contributed by atoms with E-state index in [1.165, 1.54) is 0 Å². The molecule has 5 rings (SSSR count). The first-order chi connectivity index (χ1) is 15.1. The number of ether oxygens (including phenoxy) is 1. The number of hydrogen-bond acceptors (Lipinski definition) is 4. The van der Waals surface area contributed by atoms with Gasteiger partial charge in [-0.25, -0.2) is 0 Å². The van der Waals surface area contributed by atoms with Crippen LogP contribution < -0.4 is 10.3 Å². The molecule has 31 heavy (non-hydrogen) atoms. The second kappa shape index (κ2) is 7.92. The molecule has 7 nitrogen and oxygen atoms in total. The summed E-state index contributed by atoms with van der Waals surface area (Å²) in [6.07, 6.45) is 0. The van der Waals surface area contributed by atoms with E-state index in [2.05, 4.69) is 14.9 Å². The lowest BCUT2D eigenvalue weighted by Crippen LogP contribution is -2.49. The average molecular weight is 416 g/mol. The van der Waals surface area contributed by atoms with Gasteiger partial charge in [-0.05, 0) is 41.8 Å². The van der Waals surface area contributed by atoms with Gasteiger partial charge < -0.3 is 19.6 Å². The summed E-state index contributed by atoms with van der Waals surface area (Å²) in [5, 5.41) is 1.97. The molecule has 1 aliphatic heterocycles. The van der Waals surface area contributed by atoms with Crippen LogP contribution in [0.15, 0.2) is 59.4 Å². The van der Waals surface area contributed by atoms with Crippen molar-refractivity contribution >= 4 is 27.7 Å². The molecule has 3 heterocycles. The third-order valence-electron chi connectivity index (χ3n) is 5.85. The van der Waals surface area contributed by atoms with Gasteiger partial charge in [0.2, 0.25) is 5.91 Å². The van der Waals surface area contributed by atoms with Gasteiger partial charge >= 0.3 is 0 Å². The Hall–Kier alpha value is -3.58. The minimum atomic E-state index is -0.122. The van der Waals surface area contributed by atoms with E-state index in [4.69, 9.17) is 4.74 Å². The van der Waals surface area contributed by atoms with Crippen LogP contribution in [0.25, 0.3) is 33.1 Å². The number of rotatable bonds is 5. The number of nitrogens with zero attached hydrogens (tertiary/aromatic N) is 2. The number of hydrogen-bond donors (Lipinski definition) is 2. The first kappa shape index (κ1) is 19.4. The van der Waals surface area contributed by atoms with Crippen LogP contribution in [-0.4, -0.2) is 65.5 Å². The fourth-order valence-electron chi connectivity index (χ4n) is 3.98. The van der Waals surface area contributed by atoms with Gasteiger partial charge in [0.25, 0.3) is 5.56 Å². The van der Waals surface area contributed by atoms with Crippen molar-refractivity contribution in [3.05, 3.63) is 65.0 Å². The Morgan fingerprint density at radius 3 is 2.65 bits per heavy atom. The quantitative estimate of drug-likeness (QED) is 0.524. The van der Waals surface area contributed by atoms with E-state index in [1.54, 1.807) is 4.90 Å². The number of para-hydroxylation sites is 1. The molecule has 1 aliphatic rings. The van der Waals surface area contributed by atoms with E-state index in [1.807, 2.05) is 61.6 Å². The van der Waals surface area contributed by atoms with Crippen LogP contribution in [0.2, 0.25) is 0 Å². The van der Waals surface area contributed by atoms with E-state index in [9.17, 15) is 9.59 Å². The normalized spacial score (nSPS) is 15.1. The monoisotopic (exact) mass is 416 g/mol. The topological polar surface area (TPSA) is 81.4 Å². The fraction of sp³-hybridized carbons (Fsp3) is 0.250. The van der Waals surface area contributed by atoms with Crippen molar-refractivity contribution in [1.82, 2.24) is 19.8 Å². The summed E-state index contributed by atoms with van der Waals surface area (Å²) in [5.74, 6) is 0.919. The number of H-pyrrole nitrogens is 2. The predicted molar refractivity (Wildman–Crippen MR) is 121 cm³/mol. The van der Waals surface area contributed by atoms with Crippen molar-refractivity contribution in [2.45, 2.75) is 0 Å². The van der Waals surface area contributed by atoms with Crippen molar-refractivity contribution in [2.24, 2.45) is 0 Å². The largest absolute Gasteiger partial charge is 0.492 e. The number of piperazine rings is 1. The highest BCUT2D eigenvalue weighted by molar-refractivity contribution is 5.89. The van der Waals surface area contributed by atoms with E-state index < -0.39 is 0 Å². The number of amides is 1. The molecule has 0 aliphatic carbocycles. The zero-order chi connectivity index (χ0) is 21.4. The molecule has 2 aromatic heterocycles. The second-order valence-corrected chi connectivity index (χ2v) is 7.97. The molecular weight excluding hydrogens is 392 g/mol. The Bertz CT molecular complexity index is 1320. The summed E-state index contributed by atoms with van der Waals surface area (Å²) in [6.45, 7) is 3.30. The Morgan fingerprint density at radius 2 is 1.77 bits per heavy atom. The molecule has 0 spiro atoms. The van der Waals surface area contributed by atoms with Gasteiger partial charge in [-0.3, -0.25) is 14.5 Å². The molecular formula is C24H24N4O3. The van der Waals surface area contributed by atoms with Crippen LogP contribution in [0, 0.1) is 0 Å². The number of carbonyl (C=O) groups is 1. The number of fused-ring (bicyclic) bond motifs is 2. The Morgan fingerprint density at radius 1 is 0.935 bits per heavy atom. The van der Waals surface area contributed by atoms with Crippen LogP contribution in [0.3, 0.4) is 0 Å². The van der Waals surface area contributed by atoms with Gasteiger partial charge in [0.15, 0.2) is 0 Å². The molecule has 0 unspecified atom stereocenters. The second-order valence-electron chi connectivity index (χ2n) is 7.97. The van der Waals surface area contributed by atoms with Crippen LogP contribution in [0.1, 0.15) is 0 Å². The summed E-state index contributed by atoms with van der Waals surface area (Å²) in [5.41, 5.74) is 3.03. The van der Waals surface area contributed by atoms with Gasteiger partial charge in [0.1, 0.15) is 12.4 Å². The summed E-state index contributed by atoms with van der Waals surface area (Å²) in [7, 11) is 1.84. The van der Waals surface area contributed by atoms with Gasteiger partial charge in [0, 0.05) is 43.1 Å². The molecule has 158 valence electrons. The van der Waals surface area contributed by atoms with Crippen molar-refractivity contribution < 1.29 is 9.53 Å². The van der Waals surface area contributed by atoms with E-state index in [-0.39, 0.29) is 11.5 Å². The molecule has 1 amide bonds. The molecule has 1 fully saturated rings. The van der Waals surface area contributed by atoms with Crippen LogP contribution in [-0.2, 0) is 4.79 Å². The minimum Gasteiger partial charge on any atom is -0.492 e. The molecule has 0 bridgehead atoms. The summed E-state index contributed by atoms with van der Waals surface area (Å²) in [6, 6.07) is 17.5. The number of aromatic amines is 2. The SMILES string of the molecule is CN1CCN(CCOc2ccc3[nH]c(-c4cc5ccccc5[nH]c4=O)cc3c2)CC1=O. The van der Waals surface area contributed by atoms with Crippen LogP contribution >= 0.6 is 0 Å². The third-order valence-corrected chi connectivity index (χ3v) is 5.85. The maximum absolute atomic E-state index is 12.6. The molecule has 7 heteroatoms. The van der Waals surface area contributed by atoms with Crippen molar-refractivity contribution in [3.8, 4) is 17.0 Å². The smallest absolute Gasteiger partial charge is 0.257 e. The zero-order valence-corrected chi connectivity index (χ0v) is 17.4. The molecule has 1 saturated heterocycles. The van der Waals surface area contributed by atoms with Gasteiger partial charge in [-0.1, -0.05) is 18.2 Å². The summed E-state index contributed by atoms with van der Waals surface area (Å²) < 4.78 is 5.93. The molecule has 2 N–H and O–H groups in total. The standard InChI is InChI=1S/C24H24N4O3/c1-27-8-9-28(15-23(27)29)10-11-31-18-6-7-21-17(12-18)14-22(25-21)19-13-16-4-2-3-5-20(16)26-24(19)30/h2-7,12-14,25H,8-11,15H2,1H3,(H,26,30). The zero-order valence-electron chi connectivity index (χ0n) is 17.4. The first-order valence-electron chi connectivity index (χ1n) is 10.4. The highest BCUT2D eigenvalue weighted by Gasteiger charge is 2.20. The molecule has 0 atom stereocenters. The van der Waals surface area contributed by atoms with Crippen LogP contribution in [0.4, 0.5) is 0 Å². The predicted octanol–water partition coefficient (Wildman–Crippen LogP) is 2.83. The minimum absolute atomic E-state index is 0.122. The van der Waals surface area contributed by atoms with E-state index >= 15 is 0 Å². The molecule has 0 saturated carbocycles. The highest BCUT2D eigenvalue weighted by Crippen LogP contribution is 2.26. The molecule has 0 radical (unpaired) electrons. The average Bonchev–Trinajstić information content (AvgIpc) is 3.19. The lowest BCUT2D eigenvalue weighted by atomic mass is 10.1. The van der Waals surface area contributed by atoms with Crippen molar-refractivity contribution in [2.75, 3.05) is 39.8 Å². The van der Waals surface area contributed by atoms with Crippen molar-refractivity contribution in [3.63, 3.8) is 0 Å². The lowest BCUT2D eigenvalue weighted by Gasteiger charge is -2.31. The fourth-order valence-corrected chi connectivity index (χ4v) is 3.98. The number of benzene rings is 2. The van der Waals surface area contributed by atoms with Gasteiger partial charge in [-0.15, -0.1) is 0 Å². The number of nitrogens with one attached hydrogen (secondary N) is 2. The Labute approximate surface area is 179 Å². The Kier molecular flexibility index (Phi) is 4.95. The Balaban J connectivity index is 1.32. The van der Waals surface area contributed by atoms with Crippen LogP contribution in [0.5, 0.6) is 5.75 Å². The number of pyridine rings is 1. The van der Waals surface area contributed by atoms with E-state index in [0.717, 1.165) is 46.3 Å². The highest BCUT2D eigenvalue weighted by atomic mass is 16.5. The molecule has 2 aromatic carbocycles.